The Bertz CT molecular complexity index is 1920. The number of nitrogens with zero attached hydrogens (tertiary/aromatic N) is 1. The van der Waals surface area contributed by atoms with Gasteiger partial charge in [0.05, 0.1) is 20.8 Å². The largest absolute Gasteiger partial charge is 0.497 e. The summed E-state index contributed by atoms with van der Waals surface area (Å²) in [6, 6.07) is 34.2. The molecule has 1 aromatic heterocycles. The van der Waals surface area contributed by atoms with Crippen LogP contribution in [0.5, 0.6) is 11.5 Å². The Morgan fingerprint density at radius 3 is 1.92 bits per heavy atom. The Hall–Kier alpha value is -5.69. The second kappa shape index (κ2) is 14.6. The average Bonchev–Trinajstić information content (AvgIpc) is 3.43. The molecule has 6 rings (SSSR count). The standard InChI is InChI=1S/C37H35N3O9/c1-45-28-17-13-25(14-18-28)37(24-9-5-3-6-10-24,26-15-19-29(46-2)20-16-26)47-23-30-32(42)33(49-36(44)38-27-11-7-4-8-12-27)34(48-30)40-22-21-31(41)39-35(40)43/h3-22,30,32-34,42H,23H2,1-2H3,(H,38,44)(H,39,41,43)/t30-,32-,33-,34-/m1/s1. The molecule has 5 aromatic rings. The van der Waals surface area contributed by atoms with Crippen molar-refractivity contribution in [2.75, 3.05) is 26.1 Å². The molecule has 12 heteroatoms. The number of anilines is 1. The van der Waals surface area contributed by atoms with Crippen molar-refractivity contribution in [1.29, 1.82) is 0 Å². The summed E-state index contributed by atoms with van der Waals surface area (Å²) >= 11 is 0. The molecule has 4 atom stereocenters. The molecular weight excluding hydrogens is 630 g/mol. The highest BCUT2D eigenvalue weighted by atomic mass is 16.6. The summed E-state index contributed by atoms with van der Waals surface area (Å²) in [5.41, 5.74) is 0.0771. The van der Waals surface area contributed by atoms with Crippen LogP contribution in [0.25, 0.3) is 0 Å². The molecule has 4 aromatic carbocycles. The van der Waals surface area contributed by atoms with Gasteiger partial charge in [-0.25, -0.2) is 9.59 Å². The summed E-state index contributed by atoms with van der Waals surface area (Å²) in [4.78, 5) is 39.9. The number of rotatable bonds is 11. The predicted molar refractivity (Wildman–Crippen MR) is 180 cm³/mol. The highest BCUT2D eigenvalue weighted by Crippen LogP contribution is 2.43. The van der Waals surface area contributed by atoms with Crippen molar-refractivity contribution >= 4 is 11.8 Å². The van der Waals surface area contributed by atoms with Crippen LogP contribution in [0.4, 0.5) is 10.5 Å². The molecule has 0 spiro atoms. The summed E-state index contributed by atoms with van der Waals surface area (Å²) in [5.74, 6) is 1.30. The maximum atomic E-state index is 13.0. The lowest BCUT2D eigenvalue weighted by Crippen LogP contribution is -2.42. The van der Waals surface area contributed by atoms with Crippen molar-refractivity contribution in [3.63, 3.8) is 0 Å². The first-order valence-corrected chi connectivity index (χ1v) is 15.5. The smallest absolute Gasteiger partial charge is 0.412 e. The number of carbonyl (C=O) groups is 1. The number of amides is 1. The van der Waals surface area contributed by atoms with E-state index in [1.54, 1.807) is 44.6 Å². The quantitative estimate of drug-likeness (QED) is 0.174. The van der Waals surface area contributed by atoms with Crippen LogP contribution in [0.15, 0.2) is 131 Å². The van der Waals surface area contributed by atoms with Crippen LogP contribution in [0, 0.1) is 0 Å². The molecule has 3 N–H and O–H groups in total. The Kier molecular flexibility index (Phi) is 9.90. The molecule has 0 saturated carbocycles. The summed E-state index contributed by atoms with van der Waals surface area (Å²) in [6.07, 6.45) is -4.88. The number of hydrogen-bond donors (Lipinski definition) is 3. The number of aliphatic hydroxyl groups is 1. The van der Waals surface area contributed by atoms with Crippen LogP contribution >= 0.6 is 0 Å². The molecular formula is C37H35N3O9. The second-order valence-electron chi connectivity index (χ2n) is 11.2. The molecule has 0 aliphatic carbocycles. The zero-order chi connectivity index (χ0) is 34.4. The fraction of sp³-hybridized carbons (Fsp3) is 0.216. The Labute approximate surface area is 281 Å². The van der Waals surface area contributed by atoms with Gasteiger partial charge in [-0.15, -0.1) is 0 Å². The van der Waals surface area contributed by atoms with E-state index in [0.717, 1.165) is 27.3 Å². The molecule has 252 valence electrons. The number of carbonyl (C=O) groups excluding carboxylic acids is 1. The maximum absolute atomic E-state index is 13.0. The molecule has 2 heterocycles. The van der Waals surface area contributed by atoms with Gasteiger partial charge in [0.1, 0.15) is 29.3 Å². The number of H-pyrrole nitrogens is 1. The Morgan fingerprint density at radius 2 is 1.37 bits per heavy atom. The first kappa shape index (κ1) is 33.2. The monoisotopic (exact) mass is 665 g/mol. The molecule has 0 bridgehead atoms. The van der Waals surface area contributed by atoms with Gasteiger partial charge in [-0.05, 0) is 53.1 Å². The molecule has 49 heavy (non-hydrogen) atoms. The lowest BCUT2D eigenvalue weighted by molar-refractivity contribution is -0.0959. The summed E-state index contributed by atoms with van der Waals surface area (Å²) in [6.45, 7) is -0.219. The number of aromatic nitrogens is 2. The number of para-hydroxylation sites is 1. The van der Waals surface area contributed by atoms with E-state index >= 15 is 0 Å². The number of aromatic amines is 1. The van der Waals surface area contributed by atoms with E-state index in [4.69, 9.17) is 23.7 Å². The van der Waals surface area contributed by atoms with E-state index in [1.807, 2.05) is 78.9 Å². The summed E-state index contributed by atoms with van der Waals surface area (Å²) in [5, 5.41) is 14.3. The molecule has 0 radical (unpaired) electrons. The van der Waals surface area contributed by atoms with Gasteiger partial charge in [0.25, 0.3) is 5.56 Å². The fourth-order valence-electron chi connectivity index (χ4n) is 5.91. The minimum Gasteiger partial charge on any atom is -0.497 e. The molecule has 12 nitrogen and oxygen atoms in total. The number of methoxy groups -OCH3 is 2. The minimum atomic E-state index is -1.45. The number of nitrogens with one attached hydrogen (secondary N) is 2. The van der Waals surface area contributed by atoms with Crippen molar-refractivity contribution in [3.8, 4) is 11.5 Å². The molecule has 1 saturated heterocycles. The molecule has 1 fully saturated rings. The fourth-order valence-corrected chi connectivity index (χ4v) is 5.91. The molecule has 1 aliphatic heterocycles. The highest BCUT2D eigenvalue weighted by Gasteiger charge is 2.49. The van der Waals surface area contributed by atoms with Crippen LogP contribution in [-0.4, -0.2) is 59.9 Å². The van der Waals surface area contributed by atoms with Crippen LogP contribution in [0.3, 0.4) is 0 Å². The SMILES string of the molecule is COc1ccc(C(OC[C@H]2O[C@@H](n3ccc(=O)[nH]c3=O)[C@H](OC(=O)Nc3ccccc3)[C@@H]2O)(c2ccccc2)c2ccc(OC)cc2)cc1. The number of ether oxygens (including phenoxy) is 5. The summed E-state index contributed by atoms with van der Waals surface area (Å²) in [7, 11) is 3.17. The third-order valence-electron chi connectivity index (χ3n) is 8.34. The average molecular weight is 666 g/mol. The molecule has 1 aliphatic rings. The molecule has 1 amide bonds. The highest BCUT2D eigenvalue weighted by molar-refractivity contribution is 5.84. The van der Waals surface area contributed by atoms with Crippen molar-refractivity contribution < 1.29 is 33.6 Å². The van der Waals surface area contributed by atoms with E-state index in [2.05, 4.69) is 10.3 Å². The van der Waals surface area contributed by atoms with Gasteiger partial charge in [-0.1, -0.05) is 72.8 Å². The van der Waals surface area contributed by atoms with Gasteiger partial charge in [-0.3, -0.25) is 19.7 Å². The van der Waals surface area contributed by atoms with Crippen molar-refractivity contribution in [2.45, 2.75) is 30.1 Å². The first-order chi connectivity index (χ1) is 23.8. The van der Waals surface area contributed by atoms with Gasteiger partial charge in [0, 0.05) is 18.0 Å². The zero-order valence-electron chi connectivity index (χ0n) is 26.7. The van der Waals surface area contributed by atoms with E-state index < -0.39 is 47.5 Å². The lowest BCUT2D eigenvalue weighted by Gasteiger charge is -2.37. The van der Waals surface area contributed by atoms with E-state index in [9.17, 15) is 19.5 Å². The van der Waals surface area contributed by atoms with Crippen LogP contribution < -0.4 is 26.0 Å². The third-order valence-corrected chi connectivity index (χ3v) is 8.34. The van der Waals surface area contributed by atoms with Gasteiger partial charge in [-0.2, -0.15) is 0 Å². The van der Waals surface area contributed by atoms with E-state index in [1.165, 1.54) is 6.20 Å². The predicted octanol–water partition coefficient (Wildman–Crippen LogP) is 4.44. The van der Waals surface area contributed by atoms with Crippen LogP contribution in [0.1, 0.15) is 22.9 Å². The van der Waals surface area contributed by atoms with Gasteiger partial charge >= 0.3 is 11.8 Å². The summed E-state index contributed by atoms with van der Waals surface area (Å²) < 4.78 is 30.7. The van der Waals surface area contributed by atoms with Gasteiger partial charge < -0.3 is 28.8 Å². The van der Waals surface area contributed by atoms with Crippen molar-refractivity contribution in [2.24, 2.45) is 0 Å². The van der Waals surface area contributed by atoms with Gasteiger partial charge in [0.15, 0.2) is 12.3 Å². The normalized spacial score (nSPS) is 18.8. The maximum Gasteiger partial charge on any atom is 0.412 e. The van der Waals surface area contributed by atoms with E-state index in [0.29, 0.717) is 17.2 Å². The van der Waals surface area contributed by atoms with Gasteiger partial charge in [0.2, 0.25) is 0 Å². The number of aliphatic hydroxyl groups excluding tert-OH is 1. The van der Waals surface area contributed by atoms with Crippen LogP contribution in [-0.2, 0) is 19.8 Å². The second-order valence-corrected chi connectivity index (χ2v) is 11.2. The zero-order valence-corrected chi connectivity index (χ0v) is 26.7. The van der Waals surface area contributed by atoms with E-state index in [-0.39, 0.29) is 6.61 Å². The number of hydrogen-bond acceptors (Lipinski definition) is 9. The lowest BCUT2D eigenvalue weighted by atomic mass is 9.80. The molecule has 0 unspecified atom stereocenters. The number of benzene rings is 4. The first-order valence-electron chi connectivity index (χ1n) is 15.5. The minimum absolute atomic E-state index is 0.219. The Morgan fingerprint density at radius 1 is 0.816 bits per heavy atom. The Balaban J connectivity index is 1.38. The van der Waals surface area contributed by atoms with Crippen molar-refractivity contribution in [1.82, 2.24) is 9.55 Å². The van der Waals surface area contributed by atoms with Crippen molar-refractivity contribution in [3.05, 3.63) is 159 Å². The van der Waals surface area contributed by atoms with Crippen LogP contribution in [0.2, 0.25) is 0 Å². The topological polar surface area (TPSA) is 150 Å². The third kappa shape index (κ3) is 6.97.